The zero-order chi connectivity index (χ0) is 13.1. The number of benzene rings is 2. The molecular formula is C13H8BrClINO. The van der Waals surface area contributed by atoms with E-state index in [0.29, 0.717) is 10.6 Å². The maximum atomic E-state index is 9.82. The van der Waals surface area contributed by atoms with Gasteiger partial charge < -0.3 is 5.11 Å². The van der Waals surface area contributed by atoms with Gasteiger partial charge >= 0.3 is 0 Å². The highest BCUT2D eigenvalue weighted by Gasteiger charge is 2.05. The second-order valence-electron chi connectivity index (χ2n) is 3.54. The molecule has 0 saturated carbocycles. The van der Waals surface area contributed by atoms with Gasteiger partial charge in [0, 0.05) is 19.8 Å². The molecule has 1 N–H and O–H groups in total. The van der Waals surface area contributed by atoms with Crippen molar-refractivity contribution < 1.29 is 5.11 Å². The molecule has 0 amide bonds. The molecule has 0 aliphatic carbocycles. The molecule has 0 aliphatic heterocycles. The number of aromatic hydroxyl groups is 1. The second kappa shape index (κ2) is 6.04. The van der Waals surface area contributed by atoms with Gasteiger partial charge in [-0.25, -0.2) is 0 Å². The van der Waals surface area contributed by atoms with Crippen molar-refractivity contribution in [3.8, 4) is 5.75 Å². The van der Waals surface area contributed by atoms with E-state index in [4.69, 9.17) is 11.6 Å². The largest absolute Gasteiger partial charge is 0.506 e. The quantitative estimate of drug-likeness (QED) is 0.512. The van der Waals surface area contributed by atoms with Crippen LogP contribution in [0.5, 0.6) is 5.75 Å². The number of rotatable bonds is 2. The lowest BCUT2D eigenvalue weighted by atomic mass is 10.2. The molecule has 0 aliphatic rings. The Morgan fingerprint density at radius 1 is 1.28 bits per heavy atom. The summed E-state index contributed by atoms with van der Waals surface area (Å²) in [5.41, 5.74) is 1.43. The van der Waals surface area contributed by atoms with E-state index in [9.17, 15) is 5.11 Å². The average molecular weight is 436 g/mol. The Morgan fingerprint density at radius 2 is 2.00 bits per heavy atom. The molecule has 0 spiro atoms. The Hall–Kier alpha value is -0.590. The van der Waals surface area contributed by atoms with Crippen LogP contribution in [0.1, 0.15) is 5.56 Å². The lowest BCUT2D eigenvalue weighted by Gasteiger charge is -2.03. The average Bonchev–Trinajstić information content (AvgIpc) is 2.33. The first kappa shape index (κ1) is 13.8. The summed E-state index contributed by atoms with van der Waals surface area (Å²) >= 11 is 11.4. The number of aliphatic imine (C=N–C) groups is 1. The van der Waals surface area contributed by atoms with Gasteiger partial charge in [-0.2, -0.15) is 0 Å². The molecule has 18 heavy (non-hydrogen) atoms. The van der Waals surface area contributed by atoms with E-state index in [0.717, 1.165) is 13.7 Å². The molecule has 0 saturated heterocycles. The number of phenols is 1. The normalized spacial score (nSPS) is 11.1. The fourth-order valence-electron chi connectivity index (χ4n) is 1.38. The number of halogens is 3. The first-order valence-electron chi connectivity index (χ1n) is 5.04. The molecule has 2 aromatic carbocycles. The minimum atomic E-state index is 0.0366. The Balaban J connectivity index is 2.38. The highest BCUT2D eigenvalue weighted by molar-refractivity contribution is 14.1. The summed E-state index contributed by atoms with van der Waals surface area (Å²) in [5.74, 6) is 0.0366. The highest BCUT2D eigenvalue weighted by Crippen LogP contribution is 2.31. The minimum absolute atomic E-state index is 0.0366. The molecule has 2 rings (SSSR count). The number of hydrogen-bond donors (Lipinski definition) is 1. The molecule has 0 bridgehead atoms. The van der Waals surface area contributed by atoms with Crippen LogP contribution in [-0.4, -0.2) is 11.3 Å². The van der Waals surface area contributed by atoms with Crippen LogP contribution in [0.25, 0.3) is 0 Å². The molecule has 0 heterocycles. The van der Waals surface area contributed by atoms with E-state index < -0.39 is 0 Å². The van der Waals surface area contributed by atoms with E-state index in [1.165, 1.54) is 0 Å². The van der Waals surface area contributed by atoms with Crippen molar-refractivity contribution >= 4 is 62.0 Å². The van der Waals surface area contributed by atoms with Crippen LogP contribution >= 0.6 is 50.1 Å². The third-order valence-corrected chi connectivity index (χ3v) is 3.91. The van der Waals surface area contributed by atoms with Crippen LogP contribution < -0.4 is 0 Å². The Bertz CT molecular complexity index is 616. The first-order chi connectivity index (χ1) is 8.58. The molecular weight excluding hydrogens is 428 g/mol. The smallest absolute Gasteiger partial charge is 0.143 e. The molecule has 0 atom stereocenters. The SMILES string of the molecule is Oc1c(Cl)cc(Br)cc1C=Nc1ccccc1I. The monoisotopic (exact) mass is 435 g/mol. The summed E-state index contributed by atoms with van der Waals surface area (Å²) < 4.78 is 1.85. The minimum Gasteiger partial charge on any atom is -0.506 e. The summed E-state index contributed by atoms with van der Waals surface area (Å²) in [7, 11) is 0. The summed E-state index contributed by atoms with van der Waals surface area (Å²) in [5, 5.41) is 10.1. The summed E-state index contributed by atoms with van der Waals surface area (Å²) in [4.78, 5) is 4.35. The summed E-state index contributed by atoms with van der Waals surface area (Å²) in [6.45, 7) is 0. The van der Waals surface area contributed by atoms with Gasteiger partial charge in [-0.3, -0.25) is 4.99 Å². The van der Waals surface area contributed by atoms with E-state index in [1.54, 1.807) is 18.3 Å². The van der Waals surface area contributed by atoms with Gasteiger partial charge in [0.05, 0.1) is 10.7 Å². The van der Waals surface area contributed by atoms with Gasteiger partial charge in [0.1, 0.15) is 5.75 Å². The Morgan fingerprint density at radius 3 is 2.72 bits per heavy atom. The number of phenolic OH excluding ortho intramolecular Hbond substituents is 1. The van der Waals surface area contributed by atoms with E-state index in [1.807, 2.05) is 24.3 Å². The fourth-order valence-corrected chi connectivity index (χ4v) is 2.74. The molecule has 5 heteroatoms. The van der Waals surface area contributed by atoms with Crippen molar-refractivity contribution in [2.45, 2.75) is 0 Å². The van der Waals surface area contributed by atoms with Crippen LogP contribution in [0.4, 0.5) is 5.69 Å². The zero-order valence-corrected chi connectivity index (χ0v) is 13.6. The van der Waals surface area contributed by atoms with E-state index >= 15 is 0 Å². The Labute approximate surface area is 132 Å². The molecule has 2 nitrogen and oxygen atoms in total. The molecule has 92 valence electrons. The van der Waals surface area contributed by atoms with Gasteiger partial charge in [-0.15, -0.1) is 0 Å². The molecule has 0 unspecified atom stereocenters. The maximum Gasteiger partial charge on any atom is 0.143 e. The van der Waals surface area contributed by atoms with Gasteiger partial charge in [0.25, 0.3) is 0 Å². The van der Waals surface area contributed by atoms with Crippen molar-refractivity contribution in [1.82, 2.24) is 0 Å². The lowest BCUT2D eigenvalue weighted by molar-refractivity contribution is 0.474. The van der Waals surface area contributed by atoms with Crippen molar-refractivity contribution in [1.29, 1.82) is 0 Å². The third kappa shape index (κ3) is 3.24. The third-order valence-electron chi connectivity index (χ3n) is 2.25. The second-order valence-corrected chi connectivity index (χ2v) is 6.02. The van der Waals surface area contributed by atoms with Crippen LogP contribution in [0.15, 0.2) is 45.9 Å². The maximum absolute atomic E-state index is 9.82. The number of para-hydroxylation sites is 1. The summed E-state index contributed by atoms with van der Waals surface area (Å²) in [6, 6.07) is 11.2. The van der Waals surface area contributed by atoms with Gasteiger partial charge in [-0.05, 0) is 46.9 Å². The first-order valence-corrected chi connectivity index (χ1v) is 7.29. The topological polar surface area (TPSA) is 32.6 Å². The van der Waals surface area contributed by atoms with E-state index in [2.05, 4.69) is 43.5 Å². The molecule has 0 fully saturated rings. The van der Waals surface area contributed by atoms with Gasteiger partial charge in [-0.1, -0.05) is 39.7 Å². The lowest BCUT2D eigenvalue weighted by Crippen LogP contribution is -1.84. The molecule has 2 aromatic rings. The van der Waals surface area contributed by atoms with Crippen molar-refractivity contribution in [2.24, 2.45) is 4.99 Å². The van der Waals surface area contributed by atoms with E-state index in [-0.39, 0.29) is 5.75 Å². The number of hydrogen-bond acceptors (Lipinski definition) is 2. The van der Waals surface area contributed by atoms with Crippen LogP contribution in [0, 0.1) is 3.57 Å². The highest BCUT2D eigenvalue weighted by atomic mass is 127. The summed E-state index contributed by atoms with van der Waals surface area (Å²) in [6.07, 6.45) is 1.60. The van der Waals surface area contributed by atoms with Gasteiger partial charge in [0.2, 0.25) is 0 Å². The Kier molecular flexibility index (Phi) is 4.64. The fraction of sp³-hybridized carbons (Fsp3) is 0. The standard InChI is InChI=1S/C13H8BrClINO/c14-9-5-8(13(18)10(15)6-9)7-17-12-4-2-1-3-11(12)16/h1-7,18H. The molecule has 0 aromatic heterocycles. The van der Waals surface area contributed by atoms with Crippen LogP contribution in [-0.2, 0) is 0 Å². The predicted molar refractivity (Wildman–Crippen MR) is 87.2 cm³/mol. The molecule has 0 radical (unpaired) electrons. The van der Waals surface area contributed by atoms with Gasteiger partial charge in [0.15, 0.2) is 0 Å². The van der Waals surface area contributed by atoms with Crippen LogP contribution in [0.3, 0.4) is 0 Å². The van der Waals surface area contributed by atoms with Crippen molar-refractivity contribution in [3.05, 3.63) is 55.0 Å². The van der Waals surface area contributed by atoms with Crippen LogP contribution in [0.2, 0.25) is 5.02 Å². The van der Waals surface area contributed by atoms with Crippen molar-refractivity contribution in [2.75, 3.05) is 0 Å². The number of nitrogens with zero attached hydrogens (tertiary/aromatic N) is 1. The zero-order valence-electron chi connectivity index (χ0n) is 9.07. The van der Waals surface area contributed by atoms with Crippen molar-refractivity contribution in [3.63, 3.8) is 0 Å². The predicted octanol–water partition coefficient (Wildman–Crippen LogP) is 5.16.